The summed E-state index contributed by atoms with van der Waals surface area (Å²) >= 11 is 0. The summed E-state index contributed by atoms with van der Waals surface area (Å²) in [5.41, 5.74) is 4.30. The van der Waals surface area contributed by atoms with Crippen LogP contribution in [0.5, 0.6) is 0 Å². The van der Waals surface area contributed by atoms with Crippen LogP contribution in [-0.4, -0.2) is 60.6 Å². The molecule has 2 aliphatic rings. The van der Waals surface area contributed by atoms with Crippen LogP contribution in [-0.2, 0) is 16.0 Å². The molecule has 1 spiro atoms. The van der Waals surface area contributed by atoms with Crippen LogP contribution in [0.2, 0.25) is 0 Å². The number of amides is 1. The molecule has 5 nitrogen and oxygen atoms in total. The molecule has 1 aromatic heterocycles. The Balaban J connectivity index is 1.53. The van der Waals surface area contributed by atoms with E-state index in [9.17, 15) is 4.79 Å². The van der Waals surface area contributed by atoms with Crippen molar-refractivity contribution in [3.63, 3.8) is 0 Å². The minimum Gasteiger partial charge on any atom is -0.464 e. The molecule has 4 rings (SSSR count). The SMILES string of the molecule is CCN1CCN(C(=O)Cc2coc3cc(C)c(C)cc23)CC12CCOC2. The molecule has 1 atom stereocenters. The highest BCUT2D eigenvalue weighted by molar-refractivity contribution is 5.88. The van der Waals surface area contributed by atoms with E-state index in [0.29, 0.717) is 6.42 Å². The Morgan fingerprint density at radius 3 is 2.77 bits per heavy atom. The van der Waals surface area contributed by atoms with Gasteiger partial charge in [0.25, 0.3) is 0 Å². The van der Waals surface area contributed by atoms with Crippen LogP contribution in [0.3, 0.4) is 0 Å². The Bertz CT molecular complexity index is 820. The highest BCUT2D eigenvalue weighted by Crippen LogP contribution is 2.31. The second-order valence-electron chi connectivity index (χ2n) is 7.79. The average molecular weight is 356 g/mol. The Labute approximate surface area is 154 Å². The molecule has 0 radical (unpaired) electrons. The van der Waals surface area contributed by atoms with Crippen molar-refractivity contribution in [2.75, 3.05) is 39.4 Å². The molecule has 140 valence electrons. The number of hydrogen-bond acceptors (Lipinski definition) is 4. The van der Waals surface area contributed by atoms with E-state index in [0.717, 1.165) is 62.3 Å². The number of fused-ring (bicyclic) bond motifs is 1. The van der Waals surface area contributed by atoms with Crippen LogP contribution in [0.1, 0.15) is 30.0 Å². The molecule has 0 bridgehead atoms. The fourth-order valence-electron chi connectivity index (χ4n) is 4.44. The number of carbonyl (C=O) groups is 1. The van der Waals surface area contributed by atoms with Crippen molar-refractivity contribution in [1.29, 1.82) is 0 Å². The molecule has 2 aliphatic heterocycles. The van der Waals surface area contributed by atoms with Crippen molar-refractivity contribution in [1.82, 2.24) is 9.80 Å². The van der Waals surface area contributed by atoms with Crippen molar-refractivity contribution in [2.45, 2.75) is 39.2 Å². The standard InChI is InChI=1S/C21H28N2O3/c1-4-23-7-6-22(13-21(23)5-8-25-14-21)20(24)11-17-12-26-19-10-16(3)15(2)9-18(17)19/h9-10,12H,4-8,11,13-14H2,1-3H3. The number of furan rings is 1. The third kappa shape index (κ3) is 2.93. The molecule has 2 fully saturated rings. The van der Waals surface area contributed by atoms with Gasteiger partial charge in [0.05, 0.1) is 24.8 Å². The van der Waals surface area contributed by atoms with E-state index in [1.807, 2.05) is 4.90 Å². The van der Waals surface area contributed by atoms with E-state index in [4.69, 9.17) is 9.15 Å². The first-order valence-corrected chi connectivity index (χ1v) is 9.60. The first-order chi connectivity index (χ1) is 12.5. The van der Waals surface area contributed by atoms with Gasteiger partial charge < -0.3 is 14.1 Å². The molecule has 5 heteroatoms. The smallest absolute Gasteiger partial charge is 0.227 e. The first-order valence-electron chi connectivity index (χ1n) is 9.60. The second-order valence-corrected chi connectivity index (χ2v) is 7.79. The number of aryl methyl sites for hydroxylation is 2. The molecule has 1 unspecified atom stereocenters. The van der Waals surface area contributed by atoms with Crippen molar-refractivity contribution in [2.24, 2.45) is 0 Å². The summed E-state index contributed by atoms with van der Waals surface area (Å²) in [4.78, 5) is 17.5. The maximum atomic E-state index is 13.0. The third-order valence-electron chi connectivity index (χ3n) is 6.22. The predicted molar refractivity (Wildman–Crippen MR) is 101 cm³/mol. The third-order valence-corrected chi connectivity index (χ3v) is 6.22. The first kappa shape index (κ1) is 17.6. The Kier molecular flexibility index (Phi) is 4.53. The zero-order chi connectivity index (χ0) is 18.3. The van der Waals surface area contributed by atoms with Gasteiger partial charge in [0.1, 0.15) is 5.58 Å². The minimum atomic E-state index is 0.00875. The molecular weight excluding hydrogens is 328 g/mol. The van der Waals surface area contributed by atoms with Crippen molar-refractivity contribution in [3.05, 3.63) is 35.1 Å². The van der Waals surface area contributed by atoms with Crippen molar-refractivity contribution in [3.8, 4) is 0 Å². The van der Waals surface area contributed by atoms with Crippen LogP contribution < -0.4 is 0 Å². The summed E-state index contributed by atoms with van der Waals surface area (Å²) in [6.07, 6.45) is 3.16. The predicted octanol–water partition coefficient (Wildman–Crippen LogP) is 2.92. The maximum Gasteiger partial charge on any atom is 0.227 e. The lowest BCUT2D eigenvalue weighted by atomic mass is 9.92. The molecule has 2 aromatic rings. The van der Waals surface area contributed by atoms with E-state index in [2.05, 4.69) is 37.8 Å². The largest absolute Gasteiger partial charge is 0.464 e. The summed E-state index contributed by atoms with van der Waals surface area (Å²) in [5.74, 6) is 0.188. The van der Waals surface area contributed by atoms with E-state index in [-0.39, 0.29) is 11.4 Å². The fraction of sp³-hybridized carbons (Fsp3) is 0.571. The van der Waals surface area contributed by atoms with Gasteiger partial charge >= 0.3 is 0 Å². The molecule has 3 heterocycles. The van der Waals surface area contributed by atoms with Gasteiger partial charge in [-0.25, -0.2) is 0 Å². The molecule has 1 amide bonds. The number of piperazine rings is 1. The summed E-state index contributed by atoms with van der Waals surface area (Å²) in [6.45, 7) is 11.4. The topological polar surface area (TPSA) is 45.9 Å². The molecule has 0 aliphatic carbocycles. The van der Waals surface area contributed by atoms with Crippen LogP contribution in [0.15, 0.2) is 22.8 Å². The maximum absolute atomic E-state index is 13.0. The Hall–Kier alpha value is -1.85. The summed E-state index contributed by atoms with van der Waals surface area (Å²) in [7, 11) is 0. The quantitative estimate of drug-likeness (QED) is 0.848. The lowest BCUT2D eigenvalue weighted by Gasteiger charge is -2.48. The van der Waals surface area contributed by atoms with Crippen molar-refractivity contribution < 1.29 is 13.9 Å². The second kappa shape index (κ2) is 6.71. The van der Waals surface area contributed by atoms with Gasteiger partial charge in [0.15, 0.2) is 0 Å². The molecule has 0 saturated carbocycles. The number of ether oxygens (including phenoxy) is 1. The number of rotatable bonds is 3. The Morgan fingerprint density at radius 1 is 1.23 bits per heavy atom. The molecular formula is C21H28N2O3. The zero-order valence-corrected chi connectivity index (χ0v) is 16.0. The number of nitrogens with zero attached hydrogens (tertiary/aromatic N) is 2. The van der Waals surface area contributed by atoms with Gasteiger partial charge in [-0.15, -0.1) is 0 Å². The normalized spacial score (nSPS) is 24.0. The van der Waals surface area contributed by atoms with Gasteiger partial charge in [-0.1, -0.05) is 6.92 Å². The molecule has 1 aromatic carbocycles. The monoisotopic (exact) mass is 356 g/mol. The number of carbonyl (C=O) groups excluding carboxylic acids is 1. The van der Waals surface area contributed by atoms with Crippen LogP contribution >= 0.6 is 0 Å². The highest BCUT2D eigenvalue weighted by Gasteiger charge is 2.45. The van der Waals surface area contributed by atoms with E-state index in [1.54, 1.807) is 6.26 Å². The zero-order valence-electron chi connectivity index (χ0n) is 16.0. The van der Waals surface area contributed by atoms with Gasteiger partial charge in [0, 0.05) is 37.2 Å². The number of benzene rings is 1. The van der Waals surface area contributed by atoms with Crippen LogP contribution in [0, 0.1) is 13.8 Å². The van der Waals surface area contributed by atoms with Crippen LogP contribution in [0.4, 0.5) is 0 Å². The molecule has 2 saturated heterocycles. The fourth-order valence-corrected chi connectivity index (χ4v) is 4.44. The summed E-state index contributed by atoms with van der Waals surface area (Å²) in [5, 5.41) is 1.06. The number of hydrogen-bond donors (Lipinski definition) is 0. The van der Waals surface area contributed by atoms with Gasteiger partial charge in [-0.2, -0.15) is 0 Å². The minimum absolute atomic E-state index is 0.00875. The average Bonchev–Trinajstić information content (AvgIpc) is 3.24. The molecule has 26 heavy (non-hydrogen) atoms. The van der Waals surface area contributed by atoms with E-state index in [1.165, 1.54) is 11.1 Å². The highest BCUT2D eigenvalue weighted by atomic mass is 16.5. The van der Waals surface area contributed by atoms with E-state index < -0.39 is 0 Å². The Morgan fingerprint density at radius 2 is 2.04 bits per heavy atom. The van der Waals surface area contributed by atoms with E-state index >= 15 is 0 Å². The lowest BCUT2D eigenvalue weighted by molar-refractivity contribution is -0.136. The van der Waals surface area contributed by atoms with Gasteiger partial charge in [-0.05, 0) is 50.1 Å². The van der Waals surface area contributed by atoms with Crippen LogP contribution in [0.25, 0.3) is 11.0 Å². The number of likely N-dealkylation sites (N-methyl/N-ethyl adjacent to an activating group) is 1. The van der Waals surface area contributed by atoms with Gasteiger partial charge in [-0.3, -0.25) is 9.69 Å². The lowest BCUT2D eigenvalue weighted by Crippen LogP contribution is -2.63. The summed E-state index contributed by atoms with van der Waals surface area (Å²) in [6, 6.07) is 4.20. The van der Waals surface area contributed by atoms with Crippen molar-refractivity contribution >= 4 is 16.9 Å². The molecule has 0 N–H and O–H groups in total. The van der Waals surface area contributed by atoms with Gasteiger partial charge in [0.2, 0.25) is 5.91 Å². The summed E-state index contributed by atoms with van der Waals surface area (Å²) < 4.78 is 11.4.